The number of methoxy groups -OCH3 is 1. The van der Waals surface area contributed by atoms with Crippen LogP contribution in [0.1, 0.15) is 5.56 Å². The van der Waals surface area contributed by atoms with Crippen molar-refractivity contribution in [1.29, 1.82) is 0 Å². The summed E-state index contributed by atoms with van der Waals surface area (Å²) in [5, 5.41) is 0.693. The first-order chi connectivity index (χ1) is 14.1. The number of hydrogen-bond acceptors (Lipinski definition) is 3. The second kappa shape index (κ2) is 8.37. The third-order valence-corrected chi connectivity index (χ3v) is 4.72. The highest BCUT2D eigenvalue weighted by Gasteiger charge is 2.12. The second-order valence-corrected chi connectivity index (χ2v) is 6.85. The molecule has 0 bridgehead atoms. The molecule has 146 valence electrons. The van der Waals surface area contributed by atoms with Gasteiger partial charge in [-0.1, -0.05) is 23.7 Å². The second-order valence-electron chi connectivity index (χ2n) is 6.42. The fraction of sp³-hybridized carbons (Fsp3) is 0.0870. The van der Waals surface area contributed by atoms with Crippen molar-refractivity contribution in [2.75, 3.05) is 7.11 Å². The molecule has 0 fully saturated rings. The Balaban J connectivity index is 1.54. The predicted octanol–water partition coefficient (Wildman–Crippen LogP) is 6.12. The number of halogens is 2. The summed E-state index contributed by atoms with van der Waals surface area (Å²) in [6.07, 6.45) is 1.80. The van der Waals surface area contributed by atoms with E-state index in [4.69, 9.17) is 21.1 Å². The van der Waals surface area contributed by atoms with Gasteiger partial charge in [-0.3, -0.25) is 0 Å². The van der Waals surface area contributed by atoms with E-state index in [1.165, 1.54) is 12.1 Å². The van der Waals surface area contributed by atoms with Crippen molar-refractivity contribution in [3.63, 3.8) is 0 Å². The van der Waals surface area contributed by atoms with E-state index in [0.717, 1.165) is 22.4 Å². The number of hydrogen-bond donors (Lipinski definition) is 1. The summed E-state index contributed by atoms with van der Waals surface area (Å²) in [7, 11) is 1.61. The average Bonchev–Trinajstić information content (AvgIpc) is 3.23. The molecule has 6 heteroatoms. The standard InChI is InChI=1S/C23H18ClFN2O2/c1-28-22-12-19(29-14-15-2-6-17(24)7-3-15)10-11-20(22)21-13-26-23(27-21)16-4-8-18(25)9-5-16/h2-13H,14H2,1H3,(H,26,27). The normalized spacial score (nSPS) is 10.7. The van der Waals surface area contributed by atoms with Crippen molar-refractivity contribution in [3.05, 3.63) is 89.3 Å². The molecule has 1 aromatic heterocycles. The summed E-state index contributed by atoms with van der Waals surface area (Å²) in [6, 6.07) is 19.3. The van der Waals surface area contributed by atoms with E-state index in [1.807, 2.05) is 42.5 Å². The zero-order valence-corrected chi connectivity index (χ0v) is 16.4. The zero-order valence-electron chi connectivity index (χ0n) is 15.7. The quantitative estimate of drug-likeness (QED) is 0.418. The van der Waals surface area contributed by atoms with Gasteiger partial charge in [0.1, 0.15) is 29.7 Å². The van der Waals surface area contributed by atoms with Gasteiger partial charge in [0, 0.05) is 28.4 Å². The number of aromatic amines is 1. The highest BCUT2D eigenvalue weighted by molar-refractivity contribution is 6.30. The average molecular weight is 409 g/mol. The minimum Gasteiger partial charge on any atom is -0.496 e. The van der Waals surface area contributed by atoms with E-state index in [-0.39, 0.29) is 5.82 Å². The number of aromatic nitrogens is 2. The Bertz CT molecular complexity index is 1110. The van der Waals surface area contributed by atoms with Crippen molar-refractivity contribution >= 4 is 11.6 Å². The van der Waals surface area contributed by atoms with Crippen LogP contribution in [0.4, 0.5) is 4.39 Å². The first-order valence-electron chi connectivity index (χ1n) is 8.99. The number of H-pyrrole nitrogens is 1. The van der Waals surface area contributed by atoms with Crippen molar-refractivity contribution in [2.45, 2.75) is 6.61 Å². The van der Waals surface area contributed by atoms with Crippen molar-refractivity contribution in [3.8, 4) is 34.1 Å². The molecular weight excluding hydrogens is 391 g/mol. The fourth-order valence-corrected chi connectivity index (χ4v) is 3.06. The van der Waals surface area contributed by atoms with Crippen molar-refractivity contribution < 1.29 is 13.9 Å². The van der Waals surface area contributed by atoms with Crippen LogP contribution in [0, 0.1) is 5.82 Å². The van der Waals surface area contributed by atoms with Crippen LogP contribution in [0.15, 0.2) is 72.9 Å². The molecule has 4 rings (SSSR count). The van der Waals surface area contributed by atoms with Crippen LogP contribution in [0.2, 0.25) is 5.02 Å². The molecule has 0 aliphatic carbocycles. The maximum absolute atomic E-state index is 13.1. The number of nitrogens with one attached hydrogen (secondary N) is 1. The molecule has 0 saturated carbocycles. The fourth-order valence-electron chi connectivity index (χ4n) is 2.94. The smallest absolute Gasteiger partial charge is 0.138 e. The molecule has 0 aliphatic heterocycles. The molecule has 0 spiro atoms. The maximum atomic E-state index is 13.1. The van der Waals surface area contributed by atoms with Crippen LogP contribution >= 0.6 is 11.6 Å². The number of benzene rings is 3. The van der Waals surface area contributed by atoms with Crippen LogP contribution in [0.5, 0.6) is 11.5 Å². The van der Waals surface area contributed by atoms with E-state index in [1.54, 1.807) is 25.4 Å². The Kier molecular flexibility index (Phi) is 5.49. The Morgan fingerprint density at radius 2 is 1.76 bits per heavy atom. The number of rotatable bonds is 6. The molecule has 0 aliphatic rings. The molecule has 0 saturated heterocycles. The van der Waals surface area contributed by atoms with Gasteiger partial charge in [0.2, 0.25) is 0 Å². The Morgan fingerprint density at radius 3 is 2.48 bits per heavy atom. The number of imidazole rings is 1. The topological polar surface area (TPSA) is 47.1 Å². The molecular formula is C23H18ClFN2O2. The van der Waals surface area contributed by atoms with E-state index < -0.39 is 0 Å². The molecule has 1 heterocycles. The highest BCUT2D eigenvalue weighted by Crippen LogP contribution is 2.33. The van der Waals surface area contributed by atoms with Gasteiger partial charge < -0.3 is 14.5 Å². The Hall–Kier alpha value is -3.31. The Labute approximate surface area is 172 Å². The molecule has 29 heavy (non-hydrogen) atoms. The summed E-state index contributed by atoms with van der Waals surface area (Å²) in [4.78, 5) is 7.74. The lowest BCUT2D eigenvalue weighted by molar-refractivity contribution is 0.304. The number of ether oxygens (including phenoxy) is 2. The first kappa shape index (κ1) is 19.0. The number of nitrogens with zero attached hydrogens (tertiary/aromatic N) is 1. The minimum absolute atomic E-state index is 0.281. The summed E-state index contributed by atoms with van der Waals surface area (Å²) >= 11 is 5.91. The summed E-state index contributed by atoms with van der Waals surface area (Å²) < 4.78 is 24.5. The lowest BCUT2D eigenvalue weighted by Gasteiger charge is -2.11. The van der Waals surface area contributed by atoms with E-state index in [0.29, 0.717) is 29.0 Å². The summed E-state index contributed by atoms with van der Waals surface area (Å²) in [5.74, 6) is 1.71. The molecule has 1 N–H and O–H groups in total. The van der Waals surface area contributed by atoms with Crippen molar-refractivity contribution in [2.24, 2.45) is 0 Å². The third kappa shape index (κ3) is 4.41. The van der Waals surface area contributed by atoms with Gasteiger partial charge in [-0.05, 0) is 54.1 Å². The molecule has 0 atom stereocenters. The monoisotopic (exact) mass is 408 g/mol. The first-order valence-corrected chi connectivity index (χ1v) is 9.37. The lowest BCUT2D eigenvalue weighted by Crippen LogP contribution is -1.96. The van der Waals surface area contributed by atoms with Crippen LogP contribution in [-0.4, -0.2) is 17.1 Å². The SMILES string of the molecule is COc1cc(OCc2ccc(Cl)cc2)ccc1-c1c[nH]c(-c2ccc(F)cc2)n1. The summed E-state index contributed by atoms with van der Waals surface area (Å²) in [6.45, 7) is 0.427. The molecule has 4 nitrogen and oxygen atoms in total. The highest BCUT2D eigenvalue weighted by atomic mass is 35.5. The van der Waals surface area contributed by atoms with Gasteiger partial charge in [-0.15, -0.1) is 0 Å². The molecule has 0 radical (unpaired) electrons. The third-order valence-electron chi connectivity index (χ3n) is 4.46. The lowest BCUT2D eigenvalue weighted by atomic mass is 10.1. The van der Waals surface area contributed by atoms with Gasteiger partial charge in [-0.25, -0.2) is 9.37 Å². The maximum Gasteiger partial charge on any atom is 0.138 e. The van der Waals surface area contributed by atoms with Gasteiger partial charge in [-0.2, -0.15) is 0 Å². The van der Waals surface area contributed by atoms with Crippen LogP contribution < -0.4 is 9.47 Å². The largest absolute Gasteiger partial charge is 0.496 e. The van der Waals surface area contributed by atoms with E-state index >= 15 is 0 Å². The predicted molar refractivity (Wildman–Crippen MR) is 112 cm³/mol. The Morgan fingerprint density at radius 1 is 1.00 bits per heavy atom. The van der Waals surface area contributed by atoms with Crippen molar-refractivity contribution in [1.82, 2.24) is 9.97 Å². The zero-order chi connectivity index (χ0) is 20.2. The summed E-state index contributed by atoms with van der Waals surface area (Å²) in [5.41, 5.74) is 3.38. The van der Waals surface area contributed by atoms with Gasteiger partial charge in [0.25, 0.3) is 0 Å². The van der Waals surface area contributed by atoms with Gasteiger partial charge >= 0.3 is 0 Å². The van der Waals surface area contributed by atoms with E-state index in [9.17, 15) is 4.39 Å². The van der Waals surface area contributed by atoms with Gasteiger partial charge in [0.05, 0.1) is 12.8 Å². The van der Waals surface area contributed by atoms with Crippen LogP contribution in [0.3, 0.4) is 0 Å². The van der Waals surface area contributed by atoms with Gasteiger partial charge in [0.15, 0.2) is 0 Å². The van der Waals surface area contributed by atoms with Crippen LogP contribution in [-0.2, 0) is 6.61 Å². The molecule has 0 unspecified atom stereocenters. The molecule has 3 aromatic carbocycles. The molecule has 0 amide bonds. The minimum atomic E-state index is -0.281. The molecule has 4 aromatic rings. The van der Waals surface area contributed by atoms with Crippen LogP contribution in [0.25, 0.3) is 22.6 Å². The van der Waals surface area contributed by atoms with E-state index in [2.05, 4.69) is 9.97 Å².